The topological polar surface area (TPSA) is 29.5 Å². The maximum absolute atomic E-state index is 11.7. The largest absolute Gasteiger partial charge is 0.445 e. The number of ether oxygens (including phenoxy) is 1. The summed E-state index contributed by atoms with van der Waals surface area (Å²) in [4.78, 5) is 13.4. The summed E-state index contributed by atoms with van der Waals surface area (Å²) in [6, 6.07) is 10.1. The molecule has 1 aromatic carbocycles. The average molecular weight is 219 g/mol. The van der Waals surface area contributed by atoms with Gasteiger partial charge < -0.3 is 9.64 Å². The second-order valence-electron chi connectivity index (χ2n) is 4.24. The lowest BCUT2D eigenvalue weighted by molar-refractivity contribution is 0.0749. The van der Waals surface area contributed by atoms with Crippen molar-refractivity contribution in [3.05, 3.63) is 35.9 Å². The summed E-state index contributed by atoms with van der Waals surface area (Å²) >= 11 is 0. The van der Waals surface area contributed by atoms with Gasteiger partial charge in [0, 0.05) is 13.1 Å². The molecule has 3 nitrogen and oxygen atoms in total. The third-order valence-corrected chi connectivity index (χ3v) is 3.12. The van der Waals surface area contributed by atoms with Crippen LogP contribution in [-0.2, 0) is 11.3 Å². The van der Waals surface area contributed by atoms with Crippen molar-refractivity contribution in [2.45, 2.75) is 31.9 Å². The fraction of sp³-hybridized carbons (Fsp3) is 0.462. The van der Waals surface area contributed by atoms with Crippen LogP contribution in [0.5, 0.6) is 0 Å². The summed E-state index contributed by atoms with van der Waals surface area (Å²) in [6.45, 7) is 0.358. The van der Waals surface area contributed by atoms with Crippen LogP contribution in [0.1, 0.15) is 24.8 Å². The van der Waals surface area contributed by atoms with E-state index in [1.165, 1.54) is 6.42 Å². The molecule has 1 fully saturated rings. The van der Waals surface area contributed by atoms with Crippen molar-refractivity contribution < 1.29 is 9.53 Å². The molecule has 0 aromatic heterocycles. The molecule has 86 valence electrons. The summed E-state index contributed by atoms with van der Waals surface area (Å²) in [5.41, 5.74) is 1.03. The van der Waals surface area contributed by atoms with E-state index in [2.05, 4.69) is 0 Å². The van der Waals surface area contributed by atoms with Crippen molar-refractivity contribution in [2.75, 3.05) is 7.05 Å². The van der Waals surface area contributed by atoms with Crippen LogP contribution in [0.3, 0.4) is 0 Å². The zero-order valence-corrected chi connectivity index (χ0v) is 9.56. The number of carbonyl (C=O) groups is 1. The molecule has 16 heavy (non-hydrogen) atoms. The highest BCUT2D eigenvalue weighted by Gasteiger charge is 2.26. The normalized spacial score (nSPS) is 15.3. The highest BCUT2D eigenvalue weighted by molar-refractivity contribution is 5.67. The molecule has 0 unspecified atom stereocenters. The molecule has 1 aliphatic rings. The van der Waals surface area contributed by atoms with E-state index in [9.17, 15) is 4.79 Å². The number of nitrogens with zero attached hydrogens (tertiary/aromatic N) is 1. The smallest absolute Gasteiger partial charge is 0.410 e. The van der Waals surface area contributed by atoms with E-state index in [4.69, 9.17) is 4.74 Å². The first-order valence-corrected chi connectivity index (χ1v) is 5.71. The summed E-state index contributed by atoms with van der Waals surface area (Å²) in [5, 5.41) is 0. The summed E-state index contributed by atoms with van der Waals surface area (Å²) in [6.07, 6.45) is 3.23. The predicted molar refractivity (Wildman–Crippen MR) is 62.0 cm³/mol. The molecular formula is C13H17NO2. The molecule has 1 amide bonds. The van der Waals surface area contributed by atoms with Crippen molar-refractivity contribution in [1.82, 2.24) is 4.90 Å². The molecule has 2 rings (SSSR count). The van der Waals surface area contributed by atoms with Crippen molar-refractivity contribution in [1.29, 1.82) is 0 Å². The van der Waals surface area contributed by atoms with Crippen LogP contribution in [0.2, 0.25) is 0 Å². The van der Waals surface area contributed by atoms with E-state index in [1.54, 1.807) is 4.90 Å². The maximum Gasteiger partial charge on any atom is 0.410 e. The second kappa shape index (κ2) is 5.01. The van der Waals surface area contributed by atoms with E-state index >= 15 is 0 Å². The van der Waals surface area contributed by atoms with Crippen LogP contribution in [0, 0.1) is 0 Å². The standard InChI is InChI=1S/C13H17NO2/c1-14(12-8-5-9-12)13(15)16-10-11-6-3-2-4-7-11/h2-4,6-7,12H,5,8-10H2,1H3. The Morgan fingerprint density at radius 1 is 1.38 bits per heavy atom. The van der Waals surface area contributed by atoms with E-state index in [0.717, 1.165) is 18.4 Å². The molecule has 0 aliphatic heterocycles. The van der Waals surface area contributed by atoms with Gasteiger partial charge in [0.05, 0.1) is 0 Å². The molecule has 3 heteroatoms. The van der Waals surface area contributed by atoms with Crippen LogP contribution in [-0.4, -0.2) is 24.1 Å². The SMILES string of the molecule is CN(C(=O)OCc1ccccc1)C1CCC1. The van der Waals surface area contributed by atoms with Crippen molar-refractivity contribution in [2.24, 2.45) is 0 Å². The molecule has 1 aromatic rings. The minimum Gasteiger partial charge on any atom is -0.445 e. The van der Waals surface area contributed by atoms with Gasteiger partial charge in [0.1, 0.15) is 6.61 Å². The van der Waals surface area contributed by atoms with Gasteiger partial charge in [-0.3, -0.25) is 0 Å². The minimum atomic E-state index is -0.214. The number of hydrogen-bond acceptors (Lipinski definition) is 2. The second-order valence-corrected chi connectivity index (χ2v) is 4.24. The molecule has 0 saturated heterocycles. The Balaban J connectivity index is 1.79. The first kappa shape index (κ1) is 11.0. The summed E-state index contributed by atoms with van der Waals surface area (Å²) < 4.78 is 5.23. The first-order chi connectivity index (χ1) is 7.77. The molecule has 0 atom stereocenters. The maximum atomic E-state index is 11.7. The van der Waals surface area contributed by atoms with Crippen LogP contribution in [0.15, 0.2) is 30.3 Å². The van der Waals surface area contributed by atoms with Gasteiger partial charge in [-0.15, -0.1) is 0 Å². The Morgan fingerprint density at radius 3 is 2.62 bits per heavy atom. The van der Waals surface area contributed by atoms with E-state index < -0.39 is 0 Å². The van der Waals surface area contributed by atoms with Gasteiger partial charge in [0.25, 0.3) is 0 Å². The number of rotatable bonds is 3. The fourth-order valence-electron chi connectivity index (χ4n) is 1.74. The van der Waals surface area contributed by atoms with Gasteiger partial charge in [-0.05, 0) is 24.8 Å². The molecule has 0 spiro atoms. The van der Waals surface area contributed by atoms with Gasteiger partial charge in [0.2, 0.25) is 0 Å². The van der Waals surface area contributed by atoms with Gasteiger partial charge in [-0.2, -0.15) is 0 Å². The highest BCUT2D eigenvalue weighted by atomic mass is 16.6. The minimum absolute atomic E-state index is 0.214. The monoisotopic (exact) mass is 219 g/mol. The number of benzene rings is 1. The lowest BCUT2D eigenvalue weighted by atomic mass is 9.92. The molecule has 1 saturated carbocycles. The van der Waals surface area contributed by atoms with Crippen molar-refractivity contribution in [3.8, 4) is 0 Å². The van der Waals surface area contributed by atoms with Crippen molar-refractivity contribution >= 4 is 6.09 Å². The third kappa shape index (κ3) is 2.54. The molecule has 0 heterocycles. The Labute approximate surface area is 96.0 Å². The Hall–Kier alpha value is -1.51. The van der Waals surface area contributed by atoms with Crippen LogP contribution >= 0.6 is 0 Å². The molecule has 0 N–H and O–H groups in total. The summed E-state index contributed by atoms with van der Waals surface area (Å²) in [7, 11) is 1.82. The van der Waals surface area contributed by atoms with E-state index in [0.29, 0.717) is 12.6 Å². The molecule has 1 aliphatic carbocycles. The van der Waals surface area contributed by atoms with E-state index in [1.807, 2.05) is 37.4 Å². The fourth-order valence-corrected chi connectivity index (χ4v) is 1.74. The summed E-state index contributed by atoms with van der Waals surface area (Å²) in [5.74, 6) is 0. The zero-order valence-electron chi connectivity index (χ0n) is 9.56. The Morgan fingerprint density at radius 2 is 2.06 bits per heavy atom. The zero-order chi connectivity index (χ0) is 11.4. The number of carbonyl (C=O) groups excluding carboxylic acids is 1. The third-order valence-electron chi connectivity index (χ3n) is 3.12. The molecular weight excluding hydrogens is 202 g/mol. The van der Waals surface area contributed by atoms with E-state index in [-0.39, 0.29) is 6.09 Å². The highest BCUT2D eigenvalue weighted by Crippen LogP contribution is 2.24. The van der Waals surface area contributed by atoms with Gasteiger partial charge in [0.15, 0.2) is 0 Å². The number of hydrogen-bond donors (Lipinski definition) is 0. The lowest BCUT2D eigenvalue weighted by Crippen LogP contribution is -2.41. The molecule has 0 bridgehead atoms. The quantitative estimate of drug-likeness (QED) is 0.782. The van der Waals surface area contributed by atoms with Crippen LogP contribution in [0.4, 0.5) is 4.79 Å². The van der Waals surface area contributed by atoms with Crippen LogP contribution in [0.25, 0.3) is 0 Å². The predicted octanol–water partition coefficient (Wildman–Crippen LogP) is 2.81. The first-order valence-electron chi connectivity index (χ1n) is 5.71. The Kier molecular flexibility index (Phi) is 3.44. The van der Waals surface area contributed by atoms with Gasteiger partial charge >= 0.3 is 6.09 Å². The average Bonchev–Trinajstić information content (AvgIpc) is 2.25. The molecule has 0 radical (unpaired) electrons. The lowest BCUT2D eigenvalue weighted by Gasteiger charge is -2.33. The number of amides is 1. The Bertz CT molecular complexity index is 346. The van der Waals surface area contributed by atoms with Crippen molar-refractivity contribution in [3.63, 3.8) is 0 Å². The van der Waals surface area contributed by atoms with Gasteiger partial charge in [-0.1, -0.05) is 30.3 Å². The van der Waals surface area contributed by atoms with Crippen LogP contribution < -0.4 is 0 Å². The van der Waals surface area contributed by atoms with Gasteiger partial charge in [-0.25, -0.2) is 4.79 Å².